The summed E-state index contributed by atoms with van der Waals surface area (Å²) < 4.78 is 13.7. The van der Waals surface area contributed by atoms with Crippen molar-refractivity contribution in [3.05, 3.63) is 35.1 Å². The highest BCUT2D eigenvalue weighted by molar-refractivity contribution is 5.79. The van der Waals surface area contributed by atoms with Crippen molar-refractivity contribution in [2.24, 2.45) is 5.92 Å². The number of nitrogens with zero attached hydrogens (tertiary/aromatic N) is 2. The lowest BCUT2D eigenvalue weighted by atomic mass is 10.1. The molecule has 3 amide bonds. The average Bonchev–Trinajstić information content (AvgIpc) is 3.34. The summed E-state index contributed by atoms with van der Waals surface area (Å²) in [6.07, 6.45) is 2.64. The van der Waals surface area contributed by atoms with Gasteiger partial charge in [0.1, 0.15) is 5.82 Å². The van der Waals surface area contributed by atoms with Gasteiger partial charge in [0.2, 0.25) is 5.91 Å². The first-order valence-corrected chi connectivity index (χ1v) is 8.06. The predicted octanol–water partition coefficient (Wildman–Crippen LogP) is 1.51. The summed E-state index contributed by atoms with van der Waals surface area (Å²) in [4.78, 5) is 25.6. The van der Waals surface area contributed by atoms with E-state index in [9.17, 15) is 14.0 Å². The number of benzene rings is 1. The van der Waals surface area contributed by atoms with E-state index < -0.39 is 11.8 Å². The number of carbonyl (C=O) groups excluding carboxylic acids is 2. The van der Waals surface area contributed by atoms with E-state index in [0.717, 1.165) is 18.9 Å². The first kappa shape index (κ1) is 16.2. The van der Waals surface area contributed by atoms with Crippen LogP contribution in [-0.4, -0.2) is 36.0 Å². The Bertz CT molecular complexity index is 696. The SMILES string of the molecule is N#Cc1ccc(CNC(=O)NC[C@@H]2CC(=O)N(C3CC3)C2)c(F)c1. The van der Waals surface area contributed by atoms with Gasteiger partial charge >= 0.3 is 6.03 Å². The van der Waals surface area contributed by atoms with Crippen LogP contribution in [0.1, 0.15) is 30.4 Å². The van der Waals surface area contributed by atoms with Crippen LogP contribution in [0.25, 0.3) is 0 Å². The number of halogens is 1. The van der Waals surface area contributed by atoms with Crippen molar-refractivity contribution in [2.45, 2.75) is 31.8 Å². The van der Waals surface area contributed by atoms with Crippen molar-refractivity contribution in [1.82, 2.24) is 15.5 Å². The first-order valence-electron chi connectivity index (χ1n) is 8.06. The van der Waals surface area contributed by atoms with Crippen LogP contribution in [0.15, 0.2) is 18.2 Å². The van der Waals surface area contributed by atoms with Crippen LogP contribution in [0.3, 0.4) is 0 Å². The van der Waals surface area contributed by atoms with Gasteiger partial charge in [-0.1, -0.05) is 6.07 Å². The third-order valence-electron chi connectivity index (χ3n) is 4.40. The minimum atomic E-state index is -0.518. The lowest BCUT2D eigenvalue weighted by molar-refractivity contribution is -0.128. The van der Waals surface area contributed by atoms with Crippen LogP contribution in [0, 0.1) is 23.1 Å². The van der Waals surface area contributed by atoms with Crippen LogP contribution in [0.4, 0.5) is 9.18 Å². The molecule has 1 saturated heterocycles. The van der Waals surface area contributed by atoms with Crippen LogP contribution in [0.2, 0.25) is 0 Å². The molecular formula is C17H19FN4O2. The zero-order valence-electron chi connectivity index (χ0n) is 13.2. The van der Waals surface area contributed by atoms with Crippen molar-refractivity contribution in [3.8, 4) is 6.07 Å². The van der Waals surface area contributed by atoms with Gasteiger partial charge < -0.3 is 15.5 Å². The third-order valence-corrected chi connectivity index (χ3v) is 4.40. The van der Waals surface area contributed by atoms with E-state index >= 15 is 0 Å². The zero-order chi connectivity index (χ0) is 17.1. The van der Waals surface area contributed by atoms with Crippen molar-refractivity contribution in [3.63, 3.8) is 0 Å². The minimum absolute atomic E-state index is 0.0428. The molecule has 6 nitrogen and oxygen atoms in total. The Morgan fingerprint density at radius 2 is 2.17 bits per heavy atom. The summed E-state index contributed by atoms with van der Waals surface area (Å²) in [5.74, 6) is -0.212. The van der Waals surface area contributed by atoms with Gasteiger partial charge in [0, 0.05) is 43.6 Å². The molecule has 1 saturated carbocycles. The molecule has 1 aliphatic carbocycles. The number of amides is 3. The number of rotatable bonds is 5. The molecule has 2 aliphatic rings. The Balaban J connectivity index is 1.42. The summed E-state index contributed by atoms with van der Waals surface area (Å²) >= 11 is 0. The second kappa shape index (κ2) is 6.87. The lowest BCUT2D eigenvalue weighted by Crippen LogP contribution is -2.38. The van der Waals surface area contributed by atoms with Gasteiger partial charge in [0.25, 0.3) is 0 Å². The Hall–Kier alpha value is -2.62. The maximum Gasteiger partial charge on any atom is 0.315 e. The average molecular weight is 330 g/mol. The number of carbonyl (C=O) groups is 2. The Kier molecular flexibility index (Phi) is 4.65. The fourth-order valence-electron chi connectivity index (χ4n) is 2.92. The molecule has 0 spiro atoms. The van der Waals surface area contributed by atoms with E-state index in [4.69, 9.17) is 5.26 Å². The minimum Gasteiger partial charge on any atom is -0.339 e. The molecule has 3 rings (SSSR count). The van der Waals surface area contributed by atoms with Crippen molar-refractivity contribution in [1.29, 1.82) is 5.26 Å². The summed E-state index contributed by atoms with van der Waals surface area (Å²) in [5, 5.41) is 14.0. The van der Waals surface area contributed by atoms with Crippen LogP contribution < -0.4 is 10.6 Å². The normalized spacial score (nSPS) is 19.9. The van der Waals surface area contributed by atoms with Crippen molar-refractivity contribution in [2.75, 3.05) is 13.1 Å². The van der Waals surface area contributed by atoms with Gasteiger partial charge in [0.05, 0.1) is 11.6 Å². The molecule has 0 unspecified atom stereocenters. The molecule has 126 valence electrons. The van der Waals surface area contributed by atoms with Gasteiger partial charge in [-0.25, -0.2) is 9.18 Å². The number of nitrogens with one attached hydrogen (secondary N) is 2. The molecule has 0 bridgehead atoms. The molecule has 2 N–H and O–H groups in total. The van der Waals surface area contributed by atoms with Gasteiger partial charge in [0.15, 0.2) is 0 Å². The number of urea groups is 1. The van der Waals surface area contributed by atoms with Crippen LogP contribution in [0.5, 0.6) is 0 Å². The summed E-state index contributed by atoms with van der Waals surface area (Å²) in [5.41, 5.74) is 0.562. The van der Waals surface area contributed by atoms with E-state index in [1.807, 2.05) is 11.0 Å². The standard InChI is InChI=1S/C17H19FN4O2/c18-15-5-11(7-19)1-2-13(15)9-21-17(24)20-8-12-6-16(23)22(10-12)14-3-4-14/h1-2,5,12,14H,3-4,6,8-10H2,(H2,20,21,24)/t12-/m0/s1. The molecule has 1 heterocycles. The van der Waals surface area contributed by atoms with E-state index in [1.165, 1.54) is 12.1 Å². The second-order valence-electron chi connectivity index (χ2n) is 6.33. The fourth-order valence-corrected chi connectivity index (χ4v) is 2.92. The van der Waals surface area contributed by atoms with E-state index in [2.05, 4.69) is 10.6 Å². The smallest absolute Gasteiger partial charge is 0.315 e. The molecule has 7 heteroatoms. The highest BCUT2D eigenvalue weighted by Gasteiger charge is 2.39. The molecule has 0 aromatic heterocycles. The van der Waals surface area contributed by atoms with E-state index in [-0.39, 0.29) is 23.9 Å². The number of hydrogen-bond acceptors (Lipinski definition) is 3. The molecule has 0 radical (unpaired) electrons. The van der Waals surface area contributed by atoms with Gasteiger partial charge in [-0.05, 0) is 25.0 Å². The van der Waals surface area contributed by atoms with Crippen LogP contribution >= 0.6 is 0 Å². The highest BCUT2D eigenvalue weighted by Crippen LogP contribution is 2.32. The number of hydrogen-bond donors (Lipinski definition) is 2. The monoisotopic (exact) mass is 330 g/mol. The molecule has 1 atom stereocenters. The maximum atomic E-state index is 13.7. The first-order chi connectivity index (χ1) is 11.6. The molecule has 1 aromatic rings. The molecule has 1 aromatic carbocycles. The Morgan fingerprint density at radius 3 is 2.83 bits per heavy atom. The molecule has 1 aliphatic heterocycles. The van der Waals surface area contributed by atoms with Gasteiger partial charge in [-0.2, -0.15) is 5.26 Å². The third kappa shape index (κ3) is 3.82. The molecule has 24 heavy (non-hydrogen) atoms. The number of likely N-dealkylation sites (tertiary alicyclic amines) is 1. The second-order valence-corrected chi connectivity index (χ2v) is 6.33. The zero-order valence-corrected chi connectivity index (χ0v) is 13.2. The summed E-state index contributed by atoms with van der Waals surface area (Å²) in [6, 6.07) is 6.02. The predicted molar refractivity (Wildman–Crippen MR) is 84.2 cm³/mol. The van der Waals surface area contributed by atoms with Crippen molar-refractivity contribution >= 4 is 11.9 Å². The van der Waals surface area contributed by atoms with Gasteiger partial charge in [-0.3, -0.25) is 4.79 Å². The Morgan fingerprint density at radius 1 is 1.38 bits per heavy atom. The number of nitriles is 1. The van der Waals surface area contributed by atoms with Crippen molar-refractivity contribution < 1.29 is 14.0 Å². The quantitative estimate of drug-likeness (QED) is 0.858. The highest BCUT2D eigenvalue weighted by atomic mass is 19.1. The lowest BCUT2D eigenvalue weighted by Gasteiger charge is -2.16. The molecule has 2 fully saturated rings. The summed E-state index contributed by atoms with van der Waals surface area (Å²) in [7, 11) is 0. The van der Waals surface area contributed by atoms with Gasteiger partial charge in [-0.15, -0.1) is 0 Å². The Labute approximate surface area is 139 Å². The molecular weight excluding hydrogens is 311 g/mol. The van der Waals surface area contributed by atoms with E-state index in [0.29, 0.717) is 31.1 Å². The van der Waals surface area contributed by atoms with Crippen LogP contribution in [-0.2, 0) is 11.3 Å². The largest absolute Gasteiger partial charge is 0.339 e. The topological polar surface area (TPSA) is 85.2 Å². The summed E-state index contributed by atoms with van der Waals surface area (Å²) in [6.45, 7) is 1.17. The maximum absolute atomic E-state index is 13.7. The fraction of sp³-hybridized carbons (Fsp3) is 0.471. The van der Waals surface area contributed by atoms with E-state index in [1.54, 1.807) is 0 Å².